The van der Waals surface area contributed by atoms with Crippen LogP contribution in [0.2, 0.25) is 0 Å². The zero-order valence-corrected chi connectivity index (χ0v) is 10.0. The number of hydrogen-bond donors (Lipinski definition) is 2. The lowest BCUT2D eigenvalue weighted by Gasteiger charge is -2.04. The molecule has 86 valence electrons. The molecule has 0 spiro atoms. The van der Waals surface area contributed by atoms with Crippen LogP contribution >= 0.6 is 12.2 Å². The number of amides is 1. The highest BCUT2D eigenvalue weighted by molar-refractivity contribution is 7.80. The van der Waals surface area contributed by atoms with Gasteiger partial charge in [-0.15, -0.1) is 0 Å². The Morgan fingerprint density at radius 1 is 1.56 bits per heavy atom. The number of hydrogen-bond acceptors (Lipinski definition) is 3. The molecule has 1 heterocycles. The second-order valence-corrected chi connectivity index (χ2v) is 4.04. The molecule has 0 aliphatic rings. The predicted octanol–water partition coefficient (Wildman–Crippen LogP) is 1.19. The van der Waals surface area contributed by atoms with Crippen LogP contribution in [0.5, 0.6) is 0 Å². The topological polar surface area (TPSA) is 68.0 Å². The van der Waals surface area contributed by atoms with E-state index >= 15 is 0 Å². The first-order valence-corrected chi connectivity index (χ1v) is 5.49. The molecule has 0 fully saturated rings. The first-order chi connectivity index (χ1) is 7.59. The summed E-state index contributed by atoms with van der Waals surface area (Å²) >= 11 is 4.74. The van der Waals surface area contributed by atoms with Gasteiger partial charge in [-0.1, -0.05) is 12.2 Å². The van der Waals surface area contributed by atoms with Crippen molar-refractivity contribution < 1.29 is 4.79 Å². The molecule has 0 aliphatic heterocycles. The molecule has 1 rings (SSSR count). The molecule has 0 aromatic carbocycles. The van der Waals surface area contributed by atoms with Gasteiger partial charge in [-0.05, 0) is 31.9 Å². The van der Waals surface area contributed by atoms with Crippen LogP contribution in [0.15, 0.2) is 18.3 Å². The third-order valence-corrected chi connectivity index (χ3v) is 2.26. The Kier molecular flexibility index (Phi) is 4.85. The summed E-state index contributed by atoms with van der Waals surface area (Å²) < 4.78 is 0. The summed E-state index contributed by atoms with van der Waals surface area (Å²) in [6, 6.07) is 3.56. The Morgan fingerprint density at radius 2 is 2.31 bits per heavy atom. The van der Waals surface area contributed by atoms with Gasteiger partial charge in [-0.2, -0.15) is 0 Å². The number of carbonyl (C=O) groups is 1. The molecule has 4 nitrogen and oxygen atoms in total. The normalized spacial score (nSPS) is 9.81. The average Bonchev–Trinajstić information content (AvgIpc) is 2.25. The summed E-state index contributed by atoms with van der Waals surface area (Å²) in [5.41, 5.74) is 6.81. The molecule has 1 aromatic heterocycles. The van der Waals surface area contributed by atoms with E-state index in [9.17, 15) is 4.79 Å². The lowest BCUT2D eigenvalue weighted by Crippen LogP contribution is -2.25. The van der Waals surface area contributed by atoms with Crippen LogP contribution < -0.4 is 11.1 Å². The monoisotopic (exact) mass is 237 g/mol. The molecule has 0 radical (unpaired) electrons. The van der Waals surface area contributed by atoms with Crippen molar-refractivity contribution >= 4 is 23.1 Å². The van der Waals surface area contributed by atoms with Crippen molar-refractivity contribution in [2.75, 3.05) is 6.54 Å². The van der Waals surface area contributed by atoms with E-state index in [-0.39, 0.29) is 5.91 Å². The van der Waals surface area contributed by atoms with Gasteiger partial charge >= 0.3 is 0 Å². The van der Waals surface area contributed by atoms with Crippen molar-refractivity contribution in [1.29, 1.82) is 0 Å². The van der Waals surface area contributed by atoms with Crippen LogP contribution in [0.1, 0.15) is 28.9 Å². The van der Waals surface area contributed by atoms with Gasteiger partial charge in [0.2, 0.25) is 0 Å². The maximum atomic E-state index is 11.6. The quantitative estimate of drug-likeness (QED) is 0.596. The zero-order valence-electron chi connectivity index (χ0n) is 9.19. The molecule has 0 bridgehead atoms. The van der Waals surface area contributed by atoms with Crippen LogP contribution in [-0.2, 0) is 0 Å². The molecule has 0 aliphatic carbocycles. The Morgan fingerprint density at radius 3 is 2.88 bits per heavy atom. The van der Waals surface area contributed by atoms with Gasteiger partial charge < -0.3 is 11.1 Å². The number of pyridine rings is 1. The fourth-order valence-electron chi connectivity index (χ4n) is 1.17. The number of aromatic nitrogens is 1. The SMILES string of the molecule is Cc1ccc(C(=O)NCCCC(N)=S)cn1. The number of aryl methyl sites for hydroxylation is 1. The number of carbonyl (C=O) groups excluding carboxylic acids is 1. The molecule has 3 N–H and O–H groups in total. The van der Waals surface area contributed by atoms with Crippen molar-refractivity contribution in [2.24, 2.45) is 5.73 Å². The van der Waals surface area contributed by atoms with Gasteiger partial charge in [-0.3, -0.25) is 9.78 Å². The minimum absolute atomic E-state index is 0.115. The van der Waals surface area contributed by atoms with E-state index in [1.807, 2.05) is 13.0 Å². The molecule has 1 amide bonds. The summed E-state index contributed by atoms with van der Waals surface area (Å²) in [5, 5.41) is 2.78. The summed E-state index contributed by atoms with van der Waals surface area (Å²) in [6.07, 6.45) is 2.99. The van der Waals surface area contributed by atoms with Crippen LogP contribution in [0.4, 0.5) is 0 Å². The number of rotatable bonds is 5. The van der Waals surface area contributed by atoms with E-state index < -0.39 is 0 Å². The van der Waals surface area contributed by atoms with Crippen LogP contribution in [0.3, 0.4) is 0 Å². The van der Waals surface area contributed by atoms with Crippen molar-refractivity contribution in [2.45, 2.75) is 19.8 Å². The summed E-state index contributed by atoms with van der Waals surface area (Å²) in [4.78, 5) is 16.1. The Balaban J connectivity index is 2.35. The lowest BCUT2D eigenvalue weighted by atomic mass is 10.2. The maximum absolute atomic E-state index is 11.6. The average molecular weight is 237 g/mol. The van der Waals surface area contributed by atoms with Crippen LogP contribution in [0, 0.1) is 6.92 Å². The van der Waals surface area contributed by atoms with E-state index in [4.69, 9.17) is 18.0 Å². The van der Waals surface area contributed by atoms with Gasteiger partial charge in [0.1, 0.15) is 0 Å². The number of thiocarbonyl (C=S) groups is 1. The van der Waals surface area contributed by atoms with Crippen LogP contribution in [0.25, 0.3) is 0 Å². The Bertz CT molecular complexity index is 375. The molecular formula is C11H15N3OS. The Hall–Kier alpha value is -1.49. The summed E-state index contributed by atoms with van der Waals surface area (Å²) in [6.45, 7) is 2.45. The predicted molar refractivity (Wildman–Crippen MR) is 67.3 cm³/mol. The number of nitrogens with two attached hydrogens (primary N) is 1. The van der Waals surface area contributed by atoms with E-state index in [2.05, 4.69) is 10.3 Å². The first kappa shape index (κ1) is 12.6. The molecule has 16 heavy (non-hydrogen) atoms. The highest BCUT2D eigenvalue weighted by Gasteiger charge is 2.04. The van der Waals surface area contributed by atoms with E-state index in [1.165, 1.54) is 0 Å². The molecule has 0 unspecified atom stereocenters. The zero-order chi connectivity index (χ0) is 12.0. The van der Waals surface area contributed by atoms with Gasteiger partial charge in [0.25, 0.3) is 5.91 Å². The van der Waals surface area contributed by atoms with E-state index in [1.54, 1.807) is 12.3 Å². The molecule has 0 saturated carbocycles. The molecule has 1 aromatic rings. The minimum Gasteiger partial charge on any atom is -0.393 e. The molecule has 0 atom stereocenters. The Labute approximate surface area is 100 Å². The minimum atomic E-state index is -0.115. The molecule has 5 heteroatoms. The third-order valence-electron chi connectivity index (χ3n) is 2.06. The smallest absolute Gasteiger partial charge is 0.252 e. The van der Waals surface area contributed by atoms with Gasteiger partial charge in [0, 0.05) is 18.4 Å². The van der Waals surface area contributed by atoms with Crippen molar-refractivity contribution in [3.05, 3.63) is 29.6 Å². The standard InChI is InChI=1S/C11H15N3OS/c1-8-4-5-9(7-14-8)11(15)13-6-2-3-10(12)16/h4-5,7H,2-3,6H2,1H3,(H2,12,16)(H,13,15). The second kappa shape index (κ2) is 6.17. The lowest BCUT2D eigenvalue weighted by molar-refractivity contribution is 0.0953. The van der Waals surface area contributed by atoms with Gasteiger partial charge in [0.05, 0.1) is 10.6 Å². The van der Waals surface area contributed by atoms with Crippen molar-refractivity contribution in [3.63, 3.8) is 0 Å². The second-order valence-electron chi connectivity index (χ2n) is 3.51. The van der Waals surface area contributed by atoms with Gasteiger partial charge in [0.15, 0.2) is 0 Å². The fourth-order valence-corrected chi connectivity index (χ4v) is 1.31. The highest BCUT2D eigenvalue weighted by atomic mass is 32.1. The van der Waals surface area contributed by atoms with Crippen LogP contribution in [-0.4, -0.2) is 22.4 Å². The molecular weight excluding hydrogens is 222 g/mol. The van der Waals surface area contributed by atoms with Crippen molar-refractivity contribution in [1.82, 2.24) is 10.3 Å². The highest BCUT2D eigenvalue weighted by Crippen LogP contribution is 1.99. The summed E-state index contributed by atoms with van der Waals surface area (Å²) in [5.74, 6) is -0.115. The first-order valence-electron chi connectivity index (χ1n) is 5.09. The summed E-state index contributed by atoms with van der Waals surface area (Å²) in [7, 11) is 0. The molecule has 0 saturated heterocycles. The number of nitrogens with zero attached hydrogens (tertiary/aromatic N) is 1. The maximum Gasteiger partial charge on any atom is 0.252 e. The van der Waals surface area contributed by atoms with Crippen molar-refractivity contribution in [3.8, 4) is 0 Å². The third kappa shape index (κ3) is 4.35. The fraction of sp³-hybridized carbons (Fsp3) is 0.364. The van der Waals surface area contributed by atoms with E-state index in [0.29, 0.717) is 23.5 Å². The van der Waals surface area contributed by atoms with Gasteiger partial charge in [-0.25, -0.2) is 0 Å². The number of nitrogens with one attached hydrogen (secondary N) is 1. The largest absolute Gasteiger partial charge is 0.393 e. The van der Waals surface area contributed by atoms with E-state index in [0.717, 1.165) is 12.1 Å².